The number of allylic oxidation sites excluding steroid dienone is 1. The van der Waals surface area contributed by atoms with Crippen molar-refractivity contribution in [3.63, 3.8) is 0 Å². The molecule has 0 spiro atoms. The summed E-state index contributed by atoms with van der Waals surface area (Å²) in [5.41, 5.74) is 0.846. The lowest BCUT2D eigenvalue weighted by atomic mass is 10.1. The molecule has 1 rings (SSSR count). The van der Waals surface area contributed by atoms with Crippen molar-refractivity contribution in [1.29, 1.82) is 0 Å². The third-order valence-corrected chi connectivity index (χ3v) is 1.60. The summed E-state index contributed by atoms with van der Waals surface area (Å²) in [4.78, 5) is -0.361. The minimum atomic E-state index is -0.361. The highest BCUT2D eigenvalue weighted by molar-refractivity contribution is 6.27. The van der Waals surface area contributed by atoms with Gasteiger partial charge in [-0.2, -0.15) is 0 Å². The van der Waals surface area contributed by atoms with Crippen molar-refractivity contribution in [3.05, 3.63) is 24.6 Å². The zero-order valence-electron chi connectivity index (χ0n) is 4.74. The van der Waals surface area contributed by atoms with Crippen LogP contribution in [0.25, 0.3) is 0 Å². The fourth-order valence-corrected chi connectivity index (χ4v) is 0.658. The summed E-state index contributed by atoms with van der Waals surface area (Å²) in [6, 6.07) is 0. The Morgan fingerprint density at radius 3 is 2.62 bits per heavy atom. The molecule has 0 amide bonds. The molecule has 0 saturated carbocycles. The van der Waals surface area contributed by atoms with Gasteiger partial charge in [-0.15, -0.1) is 11.6 Å². The Morgan fingerprint density at radius 2 is 2.50 bits per heavy atom. The predicted octanol–water partition coefficient (Wildman–Crippen LogP) is 1.61. The SMILES string of the molecule is C=C1NC=CC1(C)Cl. The van der Waals surface area contributed by atoms with E-state index in [9.17, 15) is 0 Å². The lowest BCUT2D eigenvalue weighted by molar-refractivity contribution is 0.892. The van der Waals surface area contributed by atoms with Crippen molar-refractivity contribution in [1.82, 2.24) is 5.32 Å². The first-order chi connectivity index (χ1) is 3.63. The molecule has 0 aromatic carbocycles. The van der Waals surface area contributed by atoms with Crippen LogP contribution in [0.5, 0.6) is 0 Å². The molecule has 8 heavy (non-hydrogen) atoms. The van der Waals surface area contributed by atoms with E-state index in [4.69, 9.17) is 11.6 Å². The van der Waals surface area contributed by atoms with Gasteiger partial charge in [-0.1, -0.05) is 6.58 Å². The summed E-state index contributed by atoms with van der Waals surface area (Å²) < 4.78 is 0. The molecule has 1 aliphatic rings. The Labute approximate surface area is 54.0 Å². The Hall–Kier alpha value is -0.430. The summed E-state index contributed by atoms with van der Waals surface area (Å²) in [5.74, 6) is 0. The van der Waals surface area contributed by atoms with Gasteiger partial charge in [0.05, 0.1) is 0 Å². The van der Waals surface area contributed by atoms with E-state index in [1.165, 1.54) is 0 Å². The normalized spacial score (nSPS) is 35.5. The Bertz CT molecular complexity index is 147. The van der Waals surface area contributed by atoms with Crippen molar-refractivity contribution in [2.24, 2.45) is 0 Å². The smallest absolute Gasteiger partial charge is 0.101 e. The molecular formula is C6H8ClN. The molecule has 0 radical (unpaired) electrons. The molecule has 0 aromatic rings. The summed E-state index contributed by atoms with van der Waals surface area (Å²) in [5, 5.41) is 2.90. The summed E-state index contributed by atoms with van der Waals surface area (Å²) >= 11 is 5.87. The van der Waals surface area contributed by atoms with Crippen molar-refractivity contribution >= 4 is 11.6 Å². The van der Waals surface area contributed by atoms with Crippen LogP contribution in [0, 0.1) is 0 Å². The molecule has 0 fully saturated rings. The van der Waals surface area contributed by atoms with E-state index >= 15 is 0 Å². The first-order valence-electron chi connectivity index (χ1n) is 2.45. The third-order valence-electron chi connectivity index (χ3n) is 1.24. The fourth-order valence-electron chi connectivity index (χ4n) is 0.540. The largest absolute Gasteiger partial charge is 0.364 e. The van der Waals surface area contributed by atoms with Gasteiger partial charge in [0, 0.05) is 5.70 Å². The van der Waals surface area contributed by atoms with Crippen LogP contribution in [-0.4, -0.2) is 4.87 Å². The zero-order chi connectivity index (χ0) is 6.20. The Morgan fingerprint density at radius 1 is 1.88 bits per heavy atom. The molecule has 0 aliphatic carbocycles. The van der Waals surface area contributed by atoms with Gasteiger partial charge < -0.3 is 5.32 Å². The van der Waals surface area contributed by atoms with E-state index < -0.39 is 0 Å². The maximum atomic E-state index is 5.87. The molecule has 0 saturated heterocycles. The van der Waals surface area contributed by atoms with Gasteiger partial charge in [0.1, 0.15) is 4.87 Å². The minimum absolute atomic E-state index is 0.361. The molecule has 0 aromatic heterocycles. The molecule has 0 bridgehead atoms. The van der Waals surface area contributed by atoms with Gasteiger partial charge in [0.2, 0.25) is 0 Å². The van der Waals surface area contributed by atoms with E-state index in [-0.39, 0.29) is 4.87 Å². The molecule has 1 heterocycles. The second-order valence-corrected chi connectivity index (χ2v) is 2.82. The van der Waals surface area contributed by atoms with Crippen LogP contribution in [0.2, 0.25) is 0 Å². The predicted molar refractivity (Wildman–Crippen MR) is 35.7 cm³/mol. The van der Waals surface area contributed by atoms with Gasteiger partial charge in [0.25, 0.3) is 0 Å². The highest BCUT2D eigenvalue weighted by Crippen LogP contribution is 2.26. The summed E-state index contributed by atoms with van der Waals surface area (Å²) in [7, 11) is 0. The maximum absolute atomic E-state index is 5.87. The average Bonchev–Trinajstić information content (AvgIpc) is 1.86. The second-order valence-electron chi connectivity index (χ2n) is 2.03. The van der Waals surface area contributed by atoms with Crippen molar-refractivity contribution < 1.29 is 0 Å². The van der Waals surface area contributed by atoms with E-state index in [2.05, 4.69) is 11.9 Å². The second kappa shape index (κ2) is 1.52. The molecule has 1 aliphatic heterocycles. The molecule has 1 atom stereocenters. The number of hydrogen-bond acceptors (Lipinski definition) is 1. The molecule has 1 nitrogen and oxygen atoms in total. The van der Waals surface area contributed by atoms with E-state index in [1.54, 1.807) is 6.20 Å². The number of alkyl halides is 1. The highest BCUT2D eigenvalue weighted by atomic mass is 35.5. The Kier molecular flexibility index (Phi) is 1.09. The van der Waals surface area contributed by atoms with Gasteiger partial charge in [-0.05, 0) is 19.2 Å². The van der Waals surface area contributed by atoms with Crippen LogP contribution in [0.4, 0.5) is 0 Å². The number of rotatable bonds is 0. The lowest BCUT2D eigenvalue weighted by Gasteiger charge is -2.12. The average molecular weight is 130 g/mol. The van der Waals surface area contributed by atoms with Crippen LogP contribution in [0.1, 0.15) is 6.92 Å². The highest BCUT2D eigenvalue weighted by Gasteiger charge is 2.24. The number of nitrogens with one attached hydrogen (secondary N) is 1. The van der Waals surface area contributed by atoms with Crippen molar-refractivity contribution in [2.45, 2.75) is 11.8 Å². The third kappa shape index (κ3) is 0.736. The van der Waals surface area contributed by atoms with Gasteiger partial charge >= 0.3 is 0 Å². The zero-order valence-corrected chi connectivity index (χ0v) is 5.50. The van der Waals surface area contributed by atoms with E-state index in [1.807, 2.05) is 13.0 Å². The fraction of sp³-hybridized carbons (Fsp3) is 0.333. The first kappa shape index (κ1) is 5.70. The van der Waals surface area contributed by atoms with Crippen LogP contribution in [0.15, 0.2) is 24.6 Å². The number of hydrogen-bond donors (Lipinski definition) is 1. The molecule has 2 heteroatoms. The standard InChI is InChI=1S/C6H8ClN/c1-5-6(2,7)3-4-8-5/h3-4,8H,1H2,2H3. The number of halogens is 1. The monoisotopic (exact) mass is 129 g/mol. The molecular weight excluding hydrogens is 122 g/mol. The van der Waals surface area contributed by atoms with Crippen LogP contribution < -0.4 is 5.32 Å². The Balaban J connectivity index is 2.82. The van der Waals surface area contributed by atoms with Crippen LogP contribution in [0.3, 0.4) is 0 Å². The van der Waals surface area contributed by atoms with Crippen molar-refractivity contribution in [3.8, 4) is 0 Å². The first-order valence-corrected chi connectivity index (χ1v) is 2.83. The van der Waals surface area contributed by atoms with Crippen molar-refractivity contribution in [2.75, 3.05) is 0 Å². The maximum Gasteiger partial charge on any atom is 0.101 e. The molecule has 44 valence electrons. The minimum Gasteiger partial charge on any atom is -0.364 e. The van der Waals surface area contributed by atoms with Crippen LogP contribution in [-0.2, 0) is 0 Å². The summed E-state index contributed by atoms with van der Waals surface area (Å²) in [6.45, 7) is 5.60. The van der Waals surface area contributed by atoms with E-state index in [0.717, 1.165) is 5.70 Å². The summed E-state index contributed by atoms with van der Waals surface area (Å²) in [6.07, 6.45) is 3.67. The quantitative estimate of drug-likeness (QED) is 0.490. The van der Waals surface area contributed by atoms with E-state index in [0.29, 0.717) is 0 Å². The lowest BCUT2D eigenvalue weighted by Crippen LogP contribution is -2.16. The molecule has 1 unspecified atom stereocenters. The van der Waals surface area contributed by atoms with Gasteiger partial charge in [-0.3, -0.25) is 0 Å². The molecule has 1 N–H and O–H groups in total. The topological polar surface area (TPSA) is 12.0 Å². The van der Waals surface area contributed by atoms with Gasteiger partial charge in [-0.25, -0.2) is 0 Å². The van der Waals surface area contributed by atoms with Crippen LogP contribution >= 0.6 is 11.6 Å². The van der Waals surface area contributed by atoms with Gasteiger partial charge in [0.15, 0.2) is 0 Å².